The van der Waals surface area contributed by atoms with Crippen LogP contribution in [0.25, 0.3) is 10.7 Å². The van der Waals surface area contributed by atoms with Gasteiger partial charge in [0.15, 0.2) is 5.82 Å². The number of thioether (sulfide) groups is 1. The Labute approximate surface area is 139 Å². The predicted molar refractivity (Wildman–Crippen MR) is 92.1 cm³/mol. The molecule has 2 aromatic heterocycles. The molecule has 7 heteroatoms. The number of thiophene rings is 1. The van der Waals surface area contributed by atoms with Gasteiger partial charge in [0, 0.05) is 12.1 Å². The maximum Gasteiger partial charge on any atom is 0.236 e. The summed E-state index contributed by atoms with van der Waals surface area (Å²) in [4.78, 5) is 20.0. The van der Waals surface area contributed by atoms with Gasteiger partial charge >= 0.3 is 0 Å². The second-order valence-corrected chi connectivity index (χ2v) is 7.89. The fourth-order valence-corrected chi connectivity index (χ4v) is 3.79. The zero-order valence-electron chi connectivity index (χ0n) is 13.5. The van der Waals surface area contributed by atoms with Crippen LogP contribution in [0.4, 0.5) is 0 Å². The molecule has 0 saturated heterocycles. The van der Waals surface area contributed by atoms with Gasteiger partial charge in [-0.25, -0.2) is 4.98 Å². The summed E-state index contributed by atoms with van der Waals surface area (Å²) in [6.45, 7) is 10.1. The molecular weight excluding hydrogens is 316 g/mol. The average Bonchev–Trinajstić information content (AvgIpc) is 3.07. The summed E-state index contributed by atoms with van der Waals surface area (Å²) < 4.78 is 0. The highest BCUT2D eigenvalue weighted by molar-refractivity contribution is 8.00. The molecule has 22 heavy (non-hydrogen) atoms. The van der Waals surface area contributed by atoms with Crippen molar-refractivity contribution in [1.29, 1.82) is 0 Å². The van der Waals surface area contributed by atoms with Crippen molar-refractivity contribution in [2.45, 2.75) is 57.1 Å². The molecule has 0 bridgehead atoms. The summed E-state index contributed by atoms with van der Waals surface area (Å²) in [5.41, 5.74) is 0. The maximum atomic E-state index is 12.6. The lowest BCUT2D eigenvalue weighted by molar-refractivity contribution is -0.133. The number of carbonyl (C=O) groups excluding carboxylic acids is 1. The molecule has 0 saturated carbocycles. The molecule has 0 unspecified atom stereocenters. The van der Waals surface area contributed by atoms with E-state index in [1.807, 2.05) is 57.0 Å². The normalized spacial score (nSPS) is 12.9. The van der Waals surface area contributed by atoms with Gasteiger partial charge in [-0.3, -0.25) is 9.89 Å². The largest absolute Gasteiger partial charge is 0.337 e. The quantitative estimate of drug-likeness (QED) is 0.817. The molecule has 5 nitrogen and oxygen atoms in total. The van der Waals surface area contributed by atoms with E-state index in [1.165, 1.54) is 11.8 Å². The first kappa shape index (κ1) is 17.0. The van der Waals surface area contributed by atoms with E-state index in [4.69, 9.17) is 0 Å². The fourth-order valence-electron chi connectivity index (χ4n) is 2.35. The SMILES string of the molecule is CC(C)N(C(=O)[C@@H](C)Sc1n[nH]c(-c2cccs2)n1)C(C)C. The Balaban J connectivity index is 2.05. The van der Waals surface area contributed by atoms with Gasteiger partial charge in [-0.15, -0.1) is 16.4 Å². The van der Waals surface area contributed by atoms with Crippen LogP contribution in [0.3, 0.4) is 0 Å². The first-order valence-corrected chi connectivity index (χ1v) is 9.11. The van der Waals surface area contributed by atoms with Gasteiger partial charge in [-0.1, -0.05) is 17.8 Å². The van der Waals surface area contributed by atoms with Crippen LogP contribution >= 0.6 is 23.1 Å². The molecule has 1 N–H and O–H groups in total. The Morgan fingerprint density at radius 1 is 1.27 bits per heavy atom. The van der Waals surface area contributed by atoms with Crippen LogP contribution in [0.15, 0.2) is 22.7 Å². The molecule has 0 radical (unpaired) electrons. The van der Waals surface area contributed by atoms with Gasteiger partial charge in [0.25, 0.3) is 0 Å². The van der Waals surface area contributed by atoms with Gasteiger partial charge in [0.1, 0.15) is 0 Å². The van der Waals surface area contributed by atoms with E-state index in [9.17, 15) is 4.79 Å². The minimum atomic E-state index is -0.211. The molecule has 0 spiro atoms. The van der Waals surface area contributed by atoms with E-state index < -0.39 is 0 Å². The van der Waals surface area contributed by atoms with E-state index in [1.54, 1.807) is 11.3 Å². The molecule has 2 heterocycles. The van der Waals surface area contributed by atoms with Crippen LogP contribution in [0.5, 0.6) is 0 Å². The maximum absolute atomic E-state index is 12.6. The predicted octanol–water partition coefficient (Wildman–Crippen LogP) is 3.66. The lowest BCUT2D eigenvalue weighted by Gasteiger charge is -2.32. The van der Waals surface area contributed by atoms with Crippen LogP contribution < -0.4 is 0 Å². The Kier molecular flexibility index (Phi) is 5.63. The highest BCUT2D eigenvalue weighted by Gasteiger charge is 2.26. The minimum absolute atomic E-state index is 0.123. The summed E-state index contributed by atoms with van der Waals surface area (Å²) in [5, 5.41) is 9.53. The molecule has 0 aliphatic heterocycles. The molecule has 0 aliphatic rings. The molecule has 2 rings (SSSR count). The van der Waals surface area contributed by atoms with E-state index in [-0.39, 0.29) is 23.2 Å². The van der Waals surface area contributed by atoms with E-state index in [0.29, 0.717) is 5.16 Å². The number of H-pyrrole nitrogens is 1. The van der Waals surface area contributed by atoms with E-state index >= 15 is 0 Å². The second kappa shape index (κ2) is 7.28. The van der Waals surface area contributed by atoms with Gasteiger partial charge in [0.05, 0.1) is 10.1 Å². The van der Waals surface area contributed by atoms with Crippen molar-refractivity contribution in [2.24, 2.45) is 0 Å². The first-order chi connectivity index (χ1) is 10.4. The van der Waals surface area contributed by atoms with E-state index in [0.717, 1.165) is 10.7 Å². The number of aromatic amines is 1. The number of amides is 1. The van der Waals surface area contributed by atoms with Crippen LogP contribution in [-0.4, -0.2) is 43.3 Å². The number of nitrogens with zero attached hydrogens (tertiary/aromatic N) is 3. The highest BCUT2D eigenvalue weighted by Crippen LogP contribution is 2.26. The third kappa shape index (κ3) is 3.89. The molecule has 0 aromatic carbocycles. The number of carbonyl (C=O) groups is 1. The van der Waals surface area contributed by atoms with Gasteiger partial charge in [-0.2, -0.15) is 0 Å². The summed E-state index contributed by atoms with van der Waals surface area (Å²) in [6.07, 6.45) is 0. The average molecular weight is 339 g/mol. The minimum Gasteiger partial charge on any atom is -0.337 e. The van der Waals surface area contributed by atoms with Crippen molar-refractivity contribution < 1.29 is 4.79 Å². The van der Waals surface area contributed by atoms with Gasteiger partial charge < -0.3 is 4.90 Å². The van der Waals surface area contributed by atoms with Crippen molar-refractivity contribution in [3.8, 4) is 10.7 Å². The monoisotopic (exact) mass is 338 g/mol. The van der Waals surface area contributed by atoms with Gasteiger partial charge in [-0.05, 0) is 46.1 Å². The lowest BCUT2D eigenvalue weighted by atomic mass is 10.2. The van der Waals surface area contributed by atoms with Crippen LogP contribution in [-0.2, 0) is 4.79 Å². The van der Waals surface area contributed by atoms with Crippen molar-refractivity contribution in [2.75, 3.05) is 0 Å². The molecule has 1 amide bonds. The molecule has 1 atom stereocenters. The Morgan fingerprint density at radius 2 is 1.95 bits per heavy atom. The molecular formula is C15H22N4OS2. The van der Waals surface area contributed by atoms with Crippen LogP contribution in [0.2, 0.25) is 0 Å². The number of hydrogen-bond acceptors (Lipinski definition) is 5. The molecule has 120 valence electrons. The summed E-state index contributed by atoms with van der Waals surface area (Å²) >= 11 is 3.00. The lowest BCUT2D eigenvalue weighted by Crippen LogP contribution is -2.45. The van der Waals surface area contributed by atoms with Crippen LogP contribution in [0.1, 0.15) is 34.6 Å². The highest BCUT2D eigenvalue weighted by atomic mass is 32.2. The smallest absolute Gasteiger partial charge is 0.236 e. The summed E-state index contributed by atoms with van der Waals surface area (Å²) in [7, 11) is 0. The topological polar surface area (TPSA) is 61.9 Å². The zero-order chi connectivity index (χ0) is 16.3. The Morgan fingerprint density at radius 3 is 2.50 bits per heavy atom. The standard InChI is InChI=1S/C15H22N4OS2/c1-9(2)19(10(3)4)14(20)11(5)22-15-16-13(17-18-15)12-7-6-8-21-12/h6-11H,1-5H3,(H,16,17,18)/t11-/m1/s1. The third-order valence-corrected chi connectivity index (χ3v) is 5.04. The Hall–Kier alpha value is -1.34. The van der Waals surface area contributed by atoms with Gasteiger partial charge in [0.2, 0.25) is 11.1 Å². The molecule has 0 aliphatic carbocycles. The van der Waals surface area contributed by atoms with Crippen LogP contribution in [0, 0.1) is 0 Å². The number of rotatable bonds is 6. The van der Waals surface area contributed by atoms with Crippen molar-refractivity contribution >= 4 is 29.0 Å². The van der Waals surface area contributed by atoms with Crippen molar-refractivity contribution in [3.63, 3.8) is 0 Å². The third-order valence-electron chi connectivity index (χ3n) is 3.22. The zero-order valence-corrected chi connectivity index (χ0v) is 15.2. The Bertz CT molecular complexity index is 599. The van der Waals surface area contributed by atoms with Crippen molar-refractivity contribution in [1.82, 2.24) is 20.1 Å². The summed E-state index contributed by atoms with van der Waals surface area (Å²) in [5.74, 6) is 0.874. The number of aromatic nitrogens is 3. The number of nitrogens with one attached hydrogen (secondary N) is 1. The van der Waals surface area contributed by atoms with Crippen molar-refractivity contribution in [3.05, 3.63) is 17.5 Å². The van der Waals surface area contributed by atoms with E-state index in [2.05, 4.69) is 15.2 Å². The number of hydrogen-bond donors (Lipinski definition) is 1. The first-order valence-electron chi connectivity index (χ1n) is 7.35. The molecule has 2 aromatic rings. The molecule has 0 fully saturated rings. The fraction of sp³-hybridized carbons (Fsp3) is 0.533. The summed E-state index contributed by atoms with van der Waals surface area (Å²) in [6, 6.07) is 4.34. The second-order valence-electron chi connectivity index (χ2n) is 5.64.